The van der Waals surface area contributed by atoms with Gasteiger partial charge in [0.05, 0.1) is 0 Å². The molecule has 0 radical (unpaired) electrons. The fourth-order valence-corrected chi connectivity index (χ4v) is 2.80. The Morgan fingerprint density at radius 1 is 0.952 bits per heavy atom. The number of nitrogens with zero attached hydrogens (tertiary/aromatic N) is 1. The van der Waals surface area contributed by atoms with Gasteiger partial charge in [-0.25, -0.2) is 0 Å². The molecule has 3 heteroatoms. The molecule has 1 saturated heterocycles. The summed E-state index contributed by atoms with van der Waals surface area (Å²) in [5.74, 6) is 0.315. The topological polar surface area (TPSA) is 35.5 Å². The predicted octanol–water partition coefficient (Wildman–Crippen LogP) is 3.60. The summed E-state index contributed by atoms with van der Waals surface area (Å²) in [6, 6.07) is 16.0. The molecule has 0 aromatic heterocycles. The molecule has 0 unspecified atom stereocenters. The maximum absolute atomic E-state index is 9.45. The number of likely N-dealkylation sites (tertiary alicyclic amines) is 1. The lowest BCUT2D eigenvalue weighted by Crippen LogP contribution is -2.18. The zero-order chi connectivity index (χ0) is 14.5. The van der Waals surface area contributed by atoms with Crippen molar-refractivity contribution in [1.29, 1.82) is 0 Å². The quantitative estimate of drug-likeness (QED) is 0.879. The predicted molar refractivity (Wildman–Crippen MR) is 86.4 cm³/mol. The van der Waals surface area contributed by atoms with Crippen molar-refractivity contribution >= 4 is 5.69 Å². The van der Waals surface area contributed by atoms with E-state index in [0.717, 1.165) is 24.3 Å². The summed E-state index contributed by atoms with van der Waals surface area (Å²) in [6.45, 7) is 4.25. The van der Waals surface area contributed by atoms with Gasteiger partial charge in [0.1, 0.15) is 5.75 Å². The molecular weight excluding hydrogens is 260 g/mol. The smallest absolute Gasteiger partial charge is 0.115 e. The Morgan fingerprint density at radius 3 is 2.43 bits per heavy atom. The molecule has 110 valence electrons. The Labute approximate surface area is 126 Å². The molecule has 1 aliphatic heterocycles. The van der Waals surface area contributed by atoms with Crippen LogP contribution < -0.4 is 5.32 Å². The van der Waals surface area contributed by atoms with E-state index in [0.29, 0.717) is 5.75 Å². The number of hydrogen-bond acceptors (Lipinski definition) is 3. The molecule has 1 aliphatic rings. The van der Waals surface area contributed by atoms with Crippen molar-refractivity contribution in [3.8, 4) is 5.75 Å². The minimum Gasteiger partial charge on any atom is -0.508 e. The zero-order valence-electron chi connectivity index (χ0n) is 12.3. The highest BCUT2D eigenvalue weighted by Gasteiger charge is 2.11. The molecule has 0 saturated carbocycles. The molecule has 2 aromatic carbocycles. The number of benzene rings is 2. The van der Waals surface area contributed by atoms with Crippen LogP contribution in [0.3, 0.4) is 0 Å². The maximum atomic E-state index is 9.45. The fourth-order valence-electron chi connectivity index (χ4n) is 2.80. The lowest BCUT2D eigenvalue weighted by Gasteiger charge is -2.15. The van der Waals surface area contributed by atoms with Crippen LogP contribution in [0.15, 0.2) is 48.5 Å². The van der Waals surface area contributed by atoms with Crippen LogP contribution in [0.1, 0.15) is 24.0 Å². The van der Waals surface area contributed by atoms with Gasteiger partial charge in [-0.15, -0.1) is 0 Å². The summed E-state index contributed by atoms with van der Waals surface area (Å²) in [4.78, 5) is 2.51. The number of phenolic OH excluding ortho intramolecular Hbond substituents is 1. The van der Waals surface area contributed by atoms with Crippen molar-refractivity contribution in [2.24, 2.45) is 0 Å². The number of phenols is 1. The Morgan fingerprint density at radius 2 is 1.71 bits per heavy atom. The van der Waals surface area contributed by atoms with E-state index in [4.69, 9.17) is 0 Å². The van der Waals surface area contributed by atoms with E-state index in [9.17, 15) is 5.11 Å². The number of rotatable bonds is 5. The minimum absolute atomic E-state index is 0.315. The molecule has 1 heterocycles. The van der Waals surface area contributed by atoms with Crippen LogP contribution in [0.5, 0.6) is 5.75 Å². The molecule has 2 N–H and O–H groups in total. The normalized spacial score (nSPS) is 15.2. The third-order valence-electron chi connectivity index (χ3n) is 3.97. The fraction of sp³-hybridized carbons (Fsp3) is 0.333. The minimum atomic E-state index is 0.315. The van der Waals surface area contributed by atoms with Gasteiger partial charge in [0.2, 0.25) is 0 Å². The molecule has 0 atom stereocenters. The lowest BCUT2D eigenvalue weighted by atomic mass is 10.1. The summed E-state index contributed by atoms with van der Waals surface area (Å²) in [6.07, 6.45) is 2.67. The van der Waals surface area contributed by atoms with Crippen LogP contribution in [0.4, 0.5) is 5.69 Å². The Bertz CT molecular complexity index is 574. The first-order valence-corrected chi connectivity index (χ1v) is 7.63. The first kappa shape index (κ1) is 14.0. The monoisotopic (exact) mass is 282 g/mol. The molecule has 0 aliphatic carbocycles. The SMILES string of the molecule is Oc1cccc(CNc2ccc(CN3CCCC3)cc2)c1. The molecule has 1 fully saturated rings. The number of aromatic hydroxyl groups is 1. The van der Waals surface area contributed by atoms with Gasteiger partial charge >= 0.3 is 0 Å². The molecule has 2 aromatic rings. The van der Waals surface area contributed by atoms with Crippen molar-refractivity contribution in [2.75, 3.05) is 18.4 Å². The maximum Gasteiger partial charge on any atom is 0.115 e. The molecule has 21 heavy (non-hydrogen) atoms. The Hall–Kier alpha value is -2.00. The highest BCUT2D eigenvalue weighted by Crippen LogP contribution is 2.17. The van der Waals surface area contributed by atoms with Crippen LogP contribution in [-0.4, -0.2) is 23.1 Å². The van der Waals surface area contributed by atoms with E-state index < -0.39 is 0 Å². The summed E-state index contributed by atoms with van der Waals surface area (Å²) in [5, 5.41) is 12.8. The van der Waals surface area contributed by atoms with Crippen molar-refractivity contribution in [2.45, 2.75) is 25.9 Å². The zero-order valence-corrected chi connectivity index (χ0v) is 12.3. The third-order valence-corrected chi connectivity index (χ3v) is 3.97. The van der Waals surface area contributed by atoms with Gasteiger partial charge in [-0.2, -0.15) is 0 Å². The van der Waals surface area contributed by atoms with Crippen LogP contribution in [0.2, 0.25) is 0 Å². The van der Waals surface area contributed by atoms with Gasteiger partial charge in [0, 0.05) is 18.8 Å². The van der Waals surface area contributed by atoms with E-state index in [2.05, 4.69) is 34.5 Å². The summed E-state index contributed by atoms with van der Waals surface area (Å²) >= 11 is 0. The summed E-state index contributed by atoms with van der Waals surface area (Å²) in [5.41, 5.74) is 3.57. The van der Waals surface area contributed by atoms with E-state index in [1.807, 2.05) is 12.1 Å². The van der Waals surface area contributed by atoms with E-state index >= 15 is 0 Å². The van der Waals surface area contributed by atoms with Crippen LogP contribution in [0.25, 0.3) is 0 Å². The van der Waals surface area contributed by atoms with Gasteiger partial charge in [-0.1, -0.05) is 24.3 Å². The van der Waals surface area contributed by atoms with E-state index in [1.54, 1.807) is 12.1 Å². The largest absolute Gasteiger partial charge is 0.508 e. The van der Waals surface area contributed by atoms with Crippen LogP contribution in [-0.2, 0) is 13.1 Å². The first-order valence-electron chi connectivity index (χ1n) is 7.63. The van der Waals surface area contributed by atoms with Gasteiger partial charge in [-0.3, -0.25) is 4.90 Å². The standard InChI is InChI=1S/C18H22N2O/c21-18-5-3-4-16(12-18)13-19-17-8-6-15(7-9-17)14-20-10-1-2-11-20/h3-9,12,19,21H,1-2,10-11,13-14H2. The Balaban J connectivity index is 1.54. The summed E-state index contributed by atoms with van der Waals surface area (Å²) in [7, 11) is 0. The number of nitrogens with one attached hydrogen (secondary N) is 1. The van der Waals surface area contributed by atoms with Crippen molar-refractivity contribution < 1.29 is 5.11 Å². The first-order chi connectivity index (χ1) is 10.3. The lowest BCUT2D eigenvalue weighted by molar-refractivity contribution is 0.331. The average Bonchev–Trinajstić information content (AvgIpc) is 3.00. The number of hydrogen-bond donors (Lipinski definition) is 2. The van der Waals surface area contributed by atoms with Gasteiger partial charge in [0.25, 0.3) is 0 Å². The van der Waals surface area contributed by atoms with Gasteiger partial charge < -0.3 is 10.4 Å². The van der Waals surface area contributed by atoms with Gasteiger partial charge in [-0.05, 0) is 61.3 Å². The second kappa shape index (κ2) is 6.64. The highest BCUT2D eigenvalue weighted by molar-refractivity contribution is 5.45. The molecule has 0 spiro atoms. The molecule has 3 rings (SSSR count). The second-order valence-electron chi connectivity index (χ2n) is 5.70. The average molecular weight is 282 g/mol. The van der Waals surface area contributed by atoms with Gasteiger partial charge in [0.15, 0.2) is 0 Å². The molecule has 0 amide bonds. The highest BCUT2D eigenvalue weighted by atomic mass is 16.3. The number of anilines is 1. The molecular formula is C18H22N2O. The van der Waals surface area contributed by atoms with E-state index in [-0.39, 0.29) is 0 Å². The van der Waals surface area contributed by atoms with Crippen molar-refractivity contribution in [1.82, 2.24) is 4.90 Å². The third kappa shape index (κ3) is 3.99. The summed E-state index contributed by atoms with van der Waals surface area (Å²) < 4.78 is 0. The van der Waals surface area contributed by atoms with Crippen molar-refractivity contribution in [3.63, 3.8) is 0 Å². The van der Waals surface area contributed by atoms with Crippen molar-refractivity contribution in [3.05, 3.63) is 59.7 Å². The molecule has 0 bridgehead atoms. The second-order valence-corrected chi connectivity index (χ2v) is 5.70. The van der Waals surface area contributed by atoms with Crippen LogP contribution >= 0.6 is 0 Å². The Kier molecular flexibility index (Phi) is 4.41. The van der Waals surface area contributed by atoms with Crippen LogP contribution in [0, 0.1) is 0 Å². The van der Waals surface area contributed by atoms with E-state index in [1.165, 1.54) is 31.5 Å². The molecule has 3 nitrogen and oxygen atoms in total.